The number of rotatable bonds is 1. The van der Waals surface area contributed by atoms with E-state index in [0.717, 1.165) is 4.90 Å². The molecule has 0 saturated carbocycles. The fourth-order valence-corrected chi connectivity index (χ4v) is 2.85. The lowest BCUT2D eigenvalue weighted by atomic mass is 9.97. The molecule has 0 aromatic carbocycles. The van der Waals surface area contributed by atoms with E-state index in [4.69, 9.17) is 0 Å². The number of pyridine rings is 1. The molecule has 0 saturated heterocycles. The van der Waals surface area contributed by atoms with Crippen molar-refractivity contribution in [3.05, 3.63) is 23.0 Å². The van der Waals surface area contributed by atoms with E-state index >= 15 is 0 Å². The molecule has 1 aromatic rings. The molecule has 0 bridgehead atoms. The summed E-state index contributed by atoms with van der Waals surface area (Å²) < 4.78 is 0. The van der Waals surface area contributed by atoms with Gasteiger partial charge < -0.3 is 0 Å². The molecule has 1 aliphatic rings. The van der Waals surface area contributed by atoms with Crippen molar-refractivity contribution in [1.29, 1.82) is 0 Å². The van der Waals surface area contributed by atoms with Gasteiger partial charge in [0.2, 0.25) is 0 Å². The Morgan fingerprint density at radius 2 is 2.21 bits per heavy atom. The lowest BCUT2D eigenvalue weighted by Crippen LogP contribution is -2.00. The summed E-state index contributed by atoms with van der Waals surface area (Å²) in [5.41, 5.74) is 4.20. The Morgan fingerprint density at radius 3 is 2.86 bits per heavy atom. The van der Waals surface area contributed by atoms with E-state index in [1.54, 1.807) is 0 Å². The van der Waals surface area contributed by atoms with E-state index in [2.05, 4.69) is 38.4 Å². The van der Waals surface area contributed by atoms with Crippen LogP contribution >= 0.6 is 12.6 Å². The monoisotopic (exact) mass is 207 g/mol. The predicted molar refractivity (Wildman–Crippen MR) is 62.3 cm³/mol. The molecule has 0 radical (unpaired) electrons. The lowest BCUT2D eigenvalue weighted by molar-refractivity contribution is 0.730. The van der Waals surface area contributed by atoms with Crippen LogP contribution in [-0.4, -0.2) is 4.98 Å². The molecule has 1 nitrogen and oxygen atoms in total. The van der Waals surface area contributed by atoms with Crippen LogP contribution in [0.4, 0.5) is 0 Å². The first kappa shape index (κ1) is 10.0. The first-order valence-corrected chi connectivity index (χ1v) is 5.76. The molecule has 1 aliphatic carbocycles. The largest absolute Gasteiger partial charge is 0.260 e. The molecule has 2 rings (SSSR count). The average Bonchev–Trinajstić information content (AvgIpc) is 2.47. The van der Waals surface area contributed by atoms with Crippen LogP contribution in [0.1, 0.15) is 55.8 Å². The Morgan fingerprint density at radius 1 is 1.50 bits per heavy atom. The average molecular weight is 207 g/mol. The van der Waals surface area contributed by atoms with Crippen LogP contribution < -0.4 is 0 Å². The van der Waals surface area contributed by atoms with Crippen molar-refractivity contribution < 1.29 is 0 Å². The topological polar surface area (TPSA) is 12.9 Å². The van der Waals surface area contributed by atoms with E-state index in [1.807, 2.05) is 6.20 Å². The van der Waals surface area contributed by atoms with E-state index in [-0.39, 0.29) is 0 Å². The summed E-state index contributed by atoms with van der Waals surface area (Å²) in [6.45, 7) is 6.73. The Kier molecular flexibility index (Phi) is 2.56. The van der Waals surface area contributed by atoms with E-state index in [9.17, 15) is 0 Å². The standard InChI is InChI=1S/C12H17NS/c1-7(2)11-9-5-4-8(3)12(9)13-6-10(11)14/h6-8,14H,4-5H2,1-3H3. The maximum absolute atomic E-state index is 4.51. The highest BCUT2D eigenvalue weighted by atomic mass is 32.1. The van der Waals surface area contributed by atoms with Crippen molar-refractivity contribution in [1.82, 2.24) is 4.98 Å². The van der Waals surface area contributed by atoms with Gasteiger partial charge in [-0.2, -0.15) is 0 Å². The van der Waals surface area contributed by atoms with Crippen LogP contribution in [0.3, 0.4) is 0 Å². The minimum absolute atomic E-state index is 0.560. The van der Waals surface area contributed by atoms with Gasteiger partial charge >= 0.3 is 0 Å². The minimum Gasteiger partial charge on any atom is -0.260 e. The summed E-state index contributed by atoms with van der Waals surface area (Å²) in [6, 6.07) is 0. The molecule has 76 valence electrons. The molecule has 1 aromatic heterocycles. The summed E-state index contributed by atoms with van der Waals surface area (Å²) in [5, 5.41) is 0. The van der Waals surface area contributed by atoms with Crippen molar-refractivity contribution in [2.75, 3.05) is 0 Å². The van der Waals surface area contributed by atoms with Crippen LogP contribution in [0, 0.1) is 0 Å². The predicted octanol–water partition coefficient (Wildman–Crippen LogP) is 3.54. The highest BCUT2D eigenvalue weighted by molar-refractivity contribution is 7.80. The summed E-state index contributed by atoms with van der Waals surface area (Å²) in [6.07, 6.45) is 4.35. The maximum Gasteiger partial charge on any atom is 0.0467 e. The Labute approximate surface area is 91.4 Å². The first-order chi connectivity index (χ1) is 6.61. The third-order valence-corrected chi connectivity index (χ3v) is 3.46. The number of nitrogens with zero attached hydrogens (tertiary/aromatic N) is 1. The van der Waals surface area contributed by atoms with Gasteiger partial charge in [-0.25, -0.2) is 0 Å². The second-order valence-corrected chi connectivity index (χ2v) is 5.00. The zero-order valence-electron chi connectivity index (χ0n) is 9.04. The van der Waals surface area contributed by atoms with E-state index in [1.165, 1.54) is 29.7 Å². The summed E-state index contributed by atoms with van der Waals surface area (Å²) in [5.74, 6) is 1.20. The third-order valence-electron chi connectivity index (χ3n) is 3.11. The summed E-state index contributed by atoms with van der Waals surface area (Å²) >= 11 is 4.50. The van der Waals surface area contributed by atoms with Crippen LogP contribution in [-0.2, 0) is 6.42 Å². The van der Waals surface area contributed by atoms with Gasteiger partial charge in [-0.1, -0.05) is 20.8 Å². The van der Waals surface area contributed by atoms with Gasteiger partial charge in [0.05, 0.1) is 0 Å². The molecule has 0 spiro atoms. The summed E-state index contributed by atoms with van der Waals surface area (Å²) in [4.78, 5) is 5.57. The molecular formula is C12H17NS. The lowest BCUT2D eigenvalue weighted by Gasteiger charge is -2.14. The molecule has 1 atom stereocenters. The van der Waals surface area contributed by atoms with Gasteiger partial charge in [0, 0.05) is 16.8 Å². The second kappa shape index (κ2) is 3.58. The molecule has 0 N–H and O–H groups in total. The van der Waals surface area contributed by atoms with Crippen LogP contribution in [0.2, 0.25) is 0 Å². The molecular weight excluding hydrogens is 190 g/mol. The van der Waals surface area contributed by atoms with Gasteiger partial charge in [-0.15, -0.1) is 12.6 Å². The third kappa shape index (κ3) is 1.46. The number of fused-ring (bicyclic) bond motifs is 1. The normalized spacial score (nSPS) is 20.2. The highest BCUT2D eigenvalue weighted by Gasteiger charge is 2.24. The highest BCUT2D eigenvalue weighted by Crippen LogP contribution is 2.38. The molecule has 1 heterocycles. The van der Waals surface area contributed by atoms with Crippen molar-refractivity contribution in [3.8, 4) is 0 Å². The van der Waals surface area contributed by atoms with Gasteiger partial charge in [0.1, 0.15) is 0 Å². The number of hydrogen-bond donors (Lipinski definition) is 1. The van der Waals surface area contributed by atoms with Gasteiger partial charge in [0.15, 0.2) is 0 Å². The summed E-state index contributed by atoms with van der Waals surface area (Å²) in [7, 11) is 0. The van der Waals surface area contributed by atoms with Gasteiger partial charge in [0.25, 0.3) is 0 Å². The molecule has 0 fully saturated rings. The molecule has 14 heavy (non-hydrogen) atoms. The Hall–Kier alpha value is -0.500. The SMILES string of the molecule is CC(C)c1c(S)cnc2c1CCC2C. The van der Waals surface area contributed by atoms with Crippen molar-refractivity contribution >= 4 is 12.6 Å². The fraction of sp³-hybridized carbons (Fsp3) is 0.583. The smallest absolute Gasteiger partial charge is 0.0467 e. The van der Waals surface area contributed by atoms with Crippen molar-refractivity contribution in [3.63, 3.8) is 0 Å². The molecule has 0 aliphatic heterocycles. The van der Waals surface area contributed by atoms with E-state index in [0.29, 0.717) is 11.8 Å². The second-order valence-electron chi connectivity index (χ2n) is 4.52. The quantitative estimate of drug-likeness (QED) is 0.695. The Balaban J connectivity index is 2.59. The van der Waals surface area contributed by atoms with Crippen LogP contribution in [0.25, 0.3) is 0 Å². The zero-order chi connectivity index (χ0) is 10.3. The minimum atomic E-state index is 0.560. The fourth-order valence-electron chi connectivity index (χ4n) is 2.40. The maximum atomic E-state index is 4.51. The van der Waals surface area contributed by atoms with Gasteiger partial charge in [-0.05, 0) is 35.8 Å². The number of aromatic nitrogens is 1. The molecule has 2 heteroatoms. The number of thiol groups is 1. The van der Waals surface area contributed by atoms with Crippen molar-refractivity contribution in [2.45, 2.75) is 50.3 Å². The van der Waals surface area contributed by atoms with Crippen LogP contribution in [0.15, 0.2) is 11.1 Å². The van der Waals surface area contributed by atoms with E-state index < -0.39 is 0 Å². The van der Waals surface area contributed by atoms with Crippen LogP contribution in [0.5, 0.6) is 0 Å². The first-order valence-electron chi connectivity index (χ1n) is 5.32. The molecule has 1 unspecified atom stereocenters. The van der Waals surface area contributed by atoms with Crippen molar-refractivity contribution in [2.24, 2.45) is 0 Å². The van der Waals surface area contributed by atoms with Gasteiger partial charge in [-0.3, -0.25) is 4.98 Å². The Bertz CT molecular complexity index is 358. The zero-order valence-corrected chi connectivity index (χ0v) is 9.94. The molecule has 0 amide bonds. The number of hydrogen-bond acceptors (Lipinski definition) is 2.